The average molecular weight is 328 g/mol. The fourth-order valence-electron chi connectivity index (χ4n) is 2.95. The van der Waals surface area contributed by atoms with Gasteiger partial charge >= 0.3 is 5.97 Å². The van der Waals surface area contributed by atoms with Crippen molar-refractivity contribution in [2.45, 2.75) is 25.3 Å². The number of hydrogen-bond donors (Lipinski definition) is 2. The fourth-order valence-corrected chi connectivity index (χ4v) is 2.95. The number of aromatic nitrogens is 1. The van der Waals surface area contributed by atoms with Crippen molar-refractivity contribution in [3.8, 4) is 11.3 Å². The lowest BCUT2D eigenvalue weighted by molar-refractivity contribution is -0.141. The number of benzene rings is 1. The predicted octanol–water partition coefficient (Wildman–Crippen LogP) is 2.87. The van der Waals surface area contributed by atoms with Gasteiger partial charge in [0.1, 0.15) is 5.82 Å². The van der Waals surface area contributed by atoms with E-state index in [1.54, 1.807) is 24.3 Å². The van der Waals surface area contributed by atoms with Crippen LogP contribution >= 0.6 is 0 Å². The number of hydrogen-bond acceptors (Lipinski definition) is 3. The monoisotopic (exact) mass is 328 g/mol. The van der Waals surface area contributed by atoms with E-state index < -0.39 is 5.97 Å². The lowest BCUT2D eigenvalue weighted by atomic mass is 10.1. The molecule has 0 radical (unpaired) electrons. The number of amides is 1. The van der Waals surface area contributed by atoms with Crippen LogP contribution in [0.4, 0.5) is 4.39 Å². The molecular weight excluding hydrogens is 311 g/mol. The number of nitrogens with zero attached hydrogens (tertiary/aromatic N) is 1. The van der Waals surface area contributed by atoms with E-state index in [9.17, 15) is 14.0 Å². The van der Waals surface area contributed by atoms with E-state index in [-0.39, 0.29) is 23.7 Å². The van der Waals surface area contributed by atoms with Gasteiger partial charge < -0.3 is 10.4 Å². The molecule has 1 aromatic heterocycles. The zero-order valence-corrected chi connectivity index (χ0v) is 12.9. The summed E-state index contributed by atoms with van der Waals surface area (Å²) in [4.78, 5) is 27.4. The Morgan fingerprint density at radius 3 is 2.67 bits per heavy atom. The zero-order valence-electron chi connectivity index (χ0n) is 12.9. The van der Waals surface area contributed by atoms with Gasteiger partial charge in [-0.05, 0) is 43.5 Å². The van der Waals surface area contributed by atoms with Gasteiger partial charge in [-0.3, -0.25) is 14.6 Å². The smallest absolute Gasteiger partial charge is 0.306 e. The maximum Gasteiger partial charge on any atom is 0.306 e. The Labute approximate surface area is 138 Å². The summed E-state index contributed by atoms with van der Waals surface area (Å²) in [5.41, 5.74) is 1.62. The molecule has 1 heterocycles. The molecule has 1 aromatic carbocycles. The molecule has 5 nitrogen and oxygen atoms in total. The number of halogens is 1. The van der Waals surface area contributed by atoms with Gasteiger partial charge in [0.05, 0.1) is 17.2 Å². The number of pyridine rings is 1. The molecule has 1 fully saturated rings. The van der Waals surface area contributed by atoms with E-state index in [0.29, 0.717) is 36.1 Å². The summed E-state index contributed by atoms with van der Waals surface area (Å²) in [7, 11) is 0. The van der Waals surface area contributed by atoms with E-state index in [4.69, 9.17) is 5.11 Å². The van der Waals surface area contributed by atoms with Crippen LogP contribution in [0.3, 0.4) is 0 Å². The van der Waals surface area contributed by atoms with Crippen LogP contribution in [0.15, 0.2) is 42.6 Å². The minimum absolute atomic E-state index is 0.124. The third-order valence-electron chi connectivity index (χ3n) is 4.26. The van der Waals surface area contributed by atoms with Gasteiger partial charge in [0.25, 0.3) is 5.91 Å². The number of carboxylic acids is 1. The number of carbonyl (C=O) groups is 2. The summed E-state index contributed by atoms with van der Waals surface area (Å²) in [6.45, 7) is 0. The summed E-state index contributed by atoms with van der Waals surface area (Å²) in [6, 6.07) is 9.26. The molecule has 6 heteroatoms. The number of nitrogens with one attached hydrogen (secondary N) is 1. The minimum atomic E-state index is -0.812. The molecule has 2 N–H and O–H groups in total. The predicted molar refractivity (Wildman–Crippen MR) is 85.9 cm³/mol. The summed E-state index contributed by atoms with van der Waals surface area (Å²) in [5.74, 6) is -1.81. The molecule has 2 atom stereocenters. The second kappa shape index (κ2) is 6.78. The first-order valence-corrected chi connectivity index (χ1v) is 7.78. The molecular formula is C18H17FN2O3. The van der Waals surface area contributed by atoms with Crippen LogP contribution in [0.2, 0.25) is 0 Å². The zero-order chi connectivity index (χ0) is 17.1. The van der Waals surface area contributed by atoms with Crippen molar-refractivity contribution < 1.29 is 19.1 Å². The minimum Gasteiger partial charge on any atom is -0.481 e. The number of aliphatic carboxylic acids is 1. The average Bonchev–Trinajstić information content (AvgIpc) is 3.04. The molecule has 3 rings (SSSR count). The highest BCUT2D eigenvalue weighted by Crippen LogP contribution is 2.26. The van der Waals surface area contributed by atoms with Gasteiger partial charge in [0, 0.05) is 17.8 Å². The maximum absolute atomic E-state index is 13.2. The number of rotatable bonds is 4. The highest BCUT2D eigenvalue weighted by Gasteiger charge is 2.30. The molecule has 1 aliphatic rings. The van der Waals surface area contributed by atoms with Crippen LogP contribution < -0.4 is 5.32 Å². The first kappa shape index (κ1) is 16.1. The van der Waals surface area contributed by atoms with E-state index in [1.807, 2.05) is 0 Å². The standard InChI is InChI=1S/C18H17FN2O3/c19-14-3-1-2-11(8-14)16-7-5-13(10-20-16)17(22)21-15-6-4-12(9-15)18(23)24/h1-3,5,7-8,10,12,15H,4,6,9H2,(H,21,22)(H,23,24)/t12-,15?/m0/s1. The molecule has 1 amide bonds. The van der Waals surface area contributed by atoms with Crippen molar-refractivity contribution in [2.75, 3.05) is 0 Å². The Kier molecular flexibility index (Phi) is 4.55. The van der Waals surface area contributed by atoms with Gasteiger partial charge in [-0.15, -0.1) is 0 Å². The number of carboxylic acid groups (broad SMARTS) is 1. The Morgan fingerprint density at radius 2 is 2.04 bits per heavy atom. The van der Waals surface area contributed by atoms with E-state index in [1.165, 1.54) is 18.3 Å². The van der Waals surface area contributed by atoms with Gasteiger partial charge in [0.2, 0.25) is 0 Å². The molecule has 0 spiro atoms. The first-order valence-electron chi connectivity index (χ1n) is 7.78. The molecule has 1 unspecified atom stereocenters. The Bertz CT molecular complexity index is 761. The normalized spacial score (nSPS) is 19.9. The van der Waals surface area contributed by atoms with E-state index in [0.717, 1.165) is 0 Å². The number of carbonyl (C=O) groups excluding carboxylic acids is 1. The maximum atomic E-state index is 13.2. The molecule has 2 aromatic rings. The van der Waals surface area contributed by atoms with Gasteiger partial charge in [0.15, 0.2) is 0 Å². The molecule has 0 aliphatic heterocycles. The fraction of sp³-hybridized carbons (Fsp3) is 0.278. The third-order valence-corrected chi connectivity index (χ3v) is 4.26. The van der Waals surface area contributed by atoms with Crippen LogP contribution in [0, 0.1) is 11.7 Å². The Balaban J connectivity index is 1.65. The summed E-state index contributed by atoms with van der Waals surface area (Å²) in [6.07, 6.45) is 3.14. The molecule has 1 saturated carbocycles. The largest absolute Gasteiger partial charge is 0.481 e. The van der Waals surface area contributed by atoms with Crippen molar-refractivity contribution in [1.29, 1.82) is 0 Å². The molecule has 1 aliphatic carbocycles. The lowest BCUT2D eigenvalue weighted by Crippen LogP contribution is -2.33. The summed E-state index contributed by atoms with van der Waals surface area (Å²) < 4.78 is 13.2. The van der Waals surface area contributed by atoms with Gasteiger partial charge in [-0.1, -0.05) is 12.1 Å². The van der Waals surface area contributed by atoms with Crippen LogP contribution in [0.5, 0.6) is 0 Å². The lowest BCUT2D eigenvalue weighted by Gasteiger charge is -2.12. The molecule has 0 bridgehead atoms. The van der Waals surface area contributed by atoms with Crippen LogP contribution in [0.25, 0.3) is 11.3 Å². The van der Waals surface area contributed by atoms with Crippen LogP contribution in [-0.2, 0) is 4.79 Å². The highest BCUT2D eigenvalue weighted by molar-refractivity contribution is 5.94. The van der Waals surface area contributed by atoms with Gasteiger partial charge in [-0.25, -0.2) is 4.39 Å². The highest BCUT2D eigenvalue weighted by atomic mass is 19.1. The SMILES string of the molecule is O=C(NC1CC[C@H](C(=O)O)C1)c1ccc(-c2cccc(F)c2)nc1. The van der Waals surface area contributed by atoms with Crippen molar-refractivity contribution in [3.05, 3.63) is 54.0 Å². The third kappa shape index (κ3) is 3.59. The van der Waals surface area contributed by atoms with Gasteiger partial charge in [-0.2, -0.15) is 0 Å². The van der Waals surface area contributed by atoms with Crippen LogP contribution in [-0.4, -0.2) is 28.0 Å². The summed E-state index contributed by atoms with van der Waals surface area (Å²) in [5, 5.41) is 11.8. The van der Waals surface area contributed by atoms with Crippen molar-refractivity contribution >= 4 is 11.9 Å². The quantitative estimate of drug-likeness (QED) is 0.904. The van der Waals surface area contributed by atoms with Crippen molar-refractivity contribution in [3.63, 3.8) is 0 Å². The van der Waals surface area contributed by atoms with Crippen LogP contribution in [0.1, 0.15) is 29.6 Å². The molecule has 0 saturated heterocycles. The van der Waals surface area contributed by atoms with E-state index >= 15 is 0 Å². The van der Waals surface area contributed by atoms with Crippen molar-refractivity contribution in [1.82, 2.24) is 10.3 Å². The molecule has 24 heavy (non-hydrogen) atoms. The second-order valence-corrected chi connectivity index (χ2v) is 5.96. The summed E-state index contributed by atoms with van der Waals surface area (Å²) >= 11 is 0. The second-order valence-electron chi connectivity index (χ2n) is 5.96. The topological polar surface area (TPSA) is 79.3 Å². The van der Waals surface area contributed by atoms with Crippen molar-refractivity contribution in [2.24, 2.45) is 5.92 Å². The first-order chi connectivity index (χ1) is 11.5. The Morgan fingerprint density at radius 1 is 1.21 bits per heavy atom. The molecule has 124 valence electrons. The van der Waals surface area contributed by atoms with E-state index in [2.05, 4.69) is 10.3 Å². The Hall–Kier alpha value is -2.76.